The van der Waals surface area contributed by atoms with Crippen LogP contribution in [0.1, 0.15) is 28.9 Å². The summed E-state index contributed by atoms with van der Waals surface area (Å²) in [5.74, 6) is -0.635. The Kier molecular flexibility index (Phi) is 5.10. The van der Waals surface area contributed by atoms with E-state index in [-0.39, 0.29) is 30.8 Å². The highest BCUT2D eigenvalue weighted by Gasteiger charge is 2.26. The number of pyridine rings is 1. The summed E-state index contributed by atoms with van der Waals surface area (Å²) in [5, 5.41) is 4.42. The summed E-state index contributed by atoms with van der Waals surface area (Å²) in [6, 6.07) is 0. The van der Waals surface area contributed by atoms with Gasteiger partial charge in [-0.3, -0.25) is 0 Å². The number of ether oxygens (including phenoxy) is 1. The lowest BCUT2D eigenvalue weighted by molar-refractivity contribution is -0.135. The Hall–Kier alpha value is -2.58. The van der Waals surface area contributed by atoms with E-state index in [2.05, 4.69) is 16.7 Å². The van der Waals surface area contributed by atoms with Gasteiger partial charge in [-0.1, -0.05) is 12.7 Å². The Balaban J connectivity index is 2.30. The predicted molar refractivity (Wildman–Crippen MR) is 82.4 cm³/mol. The molecule has 0 spiro atoms. The van der Waals surface area contributed by atoms with Crippen molar-refractivity contribution < 1.29 is 22.7 Å². The molecule has 2 aromatic rings. The third kappa shape index (κ3) is 3.84. The van der Waals surface area contributed by atoms with Crippen molar-refractivity contribution in [3.63, 3.8) is 0 Å². The summed E-state index contributed by atoms with van der Waals surface area (Å²) in [6.45, 7) is 5.11. The first kappa shape index (κ1) is 17.8. The second kappa shape index (κ2) is 6.90. The molecule has 0 saturated carbocycles. The van der Waals surface area contributed by atoms with Crippen LogP contribution >= 0.6 is 0 Å². The SMILES string of the molecule is C=CCOC(=O)c1c(C)nc2c(cnn2CCCC(F)(F)F)c1N. The van der Waals surface area contributed by atoms with Crippen LogP contribution in [-0.4, -0.2) is 33.5 Å². The van der Waals surface area contributed by atoms with Crippen LogP contribution in [0, 0.1) is 6.92 Å². The molecule has 0 aliphatic carbocycles. The van der Waals surface area contributed by atoms with E-state index in [1.54, 1.807) is 6.92 Å². The van der Waals surface area contributed by atoms with Crippen molar-refractivity contribution in [2.45, 2.75) is 32.5 Å². The van der Waals surface area contributed by atoms with Crippen LogP contribution in [-0.2, 0) is 11.3 Å². The van der Waals surface area contributed by atoms with Crippen molar-refractivity contribution in [1.29, 1.82) is 0 Å². The van der Waals surface area contributed by atoms with Gasteiger partial charge >= 0.3 is 12.1 Å². The van der Waals surface area contributed by atoms with Gasteiger partial charge in [0.05, 0.1) is 23.0 Å². The second-order valence-corrected chi connectivity index (χ2v) is 5.20. The van der Waals surface area contributed by atoms with Crippen LogP contribution < -0.4 is 5.73 Å². The van der Waals surface area contributed by atoms with Gasteiger partial charge in [-0.15, -0.1) is 0 Å². The van der Waals surface area contributed by atoms with E-state index >= 15 is 0 Å². The van der Waals surface area contributed by atoms with E-state index in [4.69, 9.17) is 10.5 Å². The van der Waals surface area contributed by atoms with Crippen LogP contribution in [0.4, 0.5) is 18.9 Å². The van der Waals surface area contributed by atoms with Gasteiger partial charge in [0.25, 0.3) is 0 Å². The largest absolute Gasteiger partial charge is 0.458 e. The third-order valence-corrected chi connectivity index (χ3v) is 3.37. The van der Waals surface area contributed by atoms with Crippen molar-refractivity contribution in [2.75, 3.05) is 12.3 Å². The molecule has 2 N–H and O–H groups in total. The van der Waals surface area contributed by atoms with Gasteiger partial charge in [0.1, 0.15) is 12.2 Å². The maximum atomic E-state index is 12.2. The molecule has 0 bridgehead atoms. The Morgan fingerprint density at radius 1 is 1.50 bits per heavy atom. The van der Waals surface area contributed by atoms with E-state index in [0.29, 0.717) is 16.7 Å². The highest BCUT2D eigenvalue weighted by molar-refractivity contribution is 6.04. The number of carbonyl (C=O) groups is 1. The summed E-state index contributed by atoms with van der Waals surface area (Å²) in [4.78, 5) is 16.3. The van der Waals surface area contributed by atoms with Gasteiger partial charge in [-0.05, 0) is 13.3 Å². The molecule has 0 amide bonds. The van der Waals surface area contributed by atoms with Crippen molar-refractivity contribution >= 4 is 22.7 Å². The molecular formula is C15H17F3N4O2. The fraction of sp³-hybridized carbons (Fsp3) is 0.400. The number of alkyl halides is 3. The fourth-order valence-electron chi connectivity index (χ4n) is 2.29. The summed E-state index contributed by atoms with van der Waals surface area (Å²) < 4.78 is 43.1. The highest BCUT2D eigenvalue weighted by Crippen LogP contribution is 2.27. The highest BCUT2D eigenvalue weighted by atomic mass is 19.4. The first-order valence-corrected chi connectivity index (χ1v) is 7.21. The molecule has 0 fully saturated rings. The first-order valence-electron chi connectivity index (χ1n) is 7.21. The molecule has 0 saturated heterocycles. The van der Waals surface area contributed by atoms with Crippen LogP contribution in [0.3, 0.4) is 0 Å². The van der Waals surface area contributed by atoms with Gasteiger partial charge in [0, 0.05) is 13.0 Å². The van der Waals surface area contributed by atoms with Crippen molar-refractivity contribution in [2.24, 2.45) is 0 Å². The van der Waals surface area contributed by atoms with E-state index < -0.39 is 18.6 Å². The quantitative estimate of drug-likeness (QED) is 0.644. The molecule has 0 aromatic carbocycles. The van der Waals surface area contributed by atoms with Crippen LogP contribution in [0.5, 0.6) is 0 Å². The van der Waals surface area contributed by atoms with Gasteiger partial charge in [0.15, 0.2) is 5.65 Å². The lowest BCUT2D eigenvalue weighted by Crippen LogP contribution is -2.13. The molecule has 0 atom stereocenters. The van der Waals surface area contributed by atoms with Gasteiger partial charge in [-0.2, -0.15) is 18.3 Å². The standard InChI is InChI=1S/C15H17F3N4O2/c1-3-7-24-14(23)11-9(2)21-13-10(12(11)19)8-20-22(13)6-4-5-15(16,17)18/h3,8H,1,4-7H2,2H3,(H2,19,21). The number of carbonyl (C=O) groups excluding carboxylic acids is 1. The molecular weight excluding hydrogens is 325 g/mol. The maximum Gasteiger partial charge on any atom is 0.389 e. The number of anilines is 1. The monoisotopic (exact) mass is 342 g/mol. The molecule has 6 nitrogen and oxygen atoms in total. The summed E-state index contributed by atoms with van der Waals surface area (Å²) in [7, 11) is 0. The van der Waals surface area contributed by atoms with Crippen molar-refractivity contribution in [3.8, 4) is 0 Å². The zero-order valence-electron chi connectivity index (χ0n) is 13.1. The van der Waals surface area contributed by atoms with E-state index in [1.807, 2.05) is 0 Å². The summed E-state index contributed by atoms with van der Waals surface area (Å²) in [5.41, 5.74) is 6.94. The number of esters is 1. The average molecular weight is 342 g/mol. The molecule has 2 heterocycles. The Labute approximate surface area is 136 Å². The zero-order valence-corrected chi connectivity index (χ0v) is 13.1. The molecule has 130 valence electrons. The molecule has 0 unspecified atom stereocenters. The molecule has 2 aromatic heterocycles. The first-order chi connectivity index (χ1) is 11.2. The van der Waals surface area contributed by atoms with Crippen LogP contribution in [0.2, 0.25) is 0 Å². The summed E-state index contributed by atoms with van der Waals surface area (Å²) >= 11 is 0. The Morgan fingerprint density at radius 2 is 2.21 bits per heavy atom. The second-order valence-electron chi connectivity index (χ2n) is 5.20. The average Bonchev–Trinajstić information content (AvgIpc) is 2.87. The number of nitrogens with two attached hydrogens (primary N) is 1. The normalized spacial score (nSPS) is 11.7. The predicted octanol–water partition coefficient (Wildman–Crippen LogP) is 3.01. The molecule has 2 rings (SSSR count). The summed E-state index contributed by atoms with van der Waals surface area (Å²) in [6.07, 6.45) is -2.44. The van der Waals surface area contributed by atoms with E-state index in [1.165, 1.54) is 17.0 Å². The van der Waals surface area contributed by atoms with Gasteiger partial charge in [0.2, 0.25) is 0 Å². The number of hydrogen-bond acceptors (Lipinski definition) is 5. The minimum Gasteiger partial charge on any atom is -0.458 e. The van der Waals surface area contributed by atoms with E-state index in [0.717, 1.165) is 0 Å². The molecule has 9 heteroatoms. The number of nitrogen functional groups attached to an aromatic ring is 1. The Morgan fingerprint density at radius 3 is 2.83 bits per heavy atom. The van der Waals surface area contributed by atoms with Crippen LogP contribution in [0.25, 0.3) is 11.0 Å². The van der Waals surface area contributed by atoms with E-state index in [9.17, 15) is 18.0 Å². The Bertz CT molecular complexity index is 768. The van der Waals surface area contributed by atoms with Crippen molar-refractivity contribution in [1.82, 2.24) is 14.8 Å². The number of hydrogen-bond donors (Lipinski definition) is 1. The molecule has 24 heavy (non-hydrogen) atoms. The number of fused-ring (bicyclic) bond motifs is 1. The maximum absolute atomic E-state index is 12.2. The number of nitrogens with zero attached hydrogens (tertiary/aromatic N) is 3. The topological polar surface area (TPSA) is 83.0 Å². The fourth-order valence-corrected chi connectivity index (χ4v) is 2.29. The van der Waals surface area contributed by atoms with Crippen LogP contribution in [0.15, 0.2) is 18.9 Å². The lowest BCUT2D eigenvalue weighted by Gasteiger charge is -2.10. The minimum absolute atomic E-state index is 0.0342. The number of aromatic nitrogens is 3. The molecule has 0 aliphatic rings. The number of halogens is 3. The minimum atomic E-state index is -4.21. The number of rotatable bonds is 6. The lowest BCUT2D eigenvalue weighted by atomic mass is 10.1. The third-order valence-electron chi connectivity index (χ3n) is 3.37. The molecule has 0 aliphatic heterocycles. The zero-order chi connectivity index (χ0) is 17.9. The van der Waals surface area contributed by atoms with Gasteiger partial charge < -0.3 is 10.5 Å². The van der Waals surface area contributed by atoms with Crippen molar-refractivity contribution in [3.05, 3.63) is 30.1 Å². The number of aryl methyl sites for hydroxylation is 2. The van der Waals surface area contributed by atoms with Gasteiger partial charge in [-0.25, -0.2) is 14.5 Å². The smallest absolute Gasteiger partial charge is 0.389 e. The molecule has 0 radical (unpaired) electrons.